The molecule has 0 saturated carbocycles. The zero-order valence-corrected chi connectivity index (χ0v) is 11.0. The maximum atomic E-state index is 11.6. The second kappa shape index (κ2) is 6.97. The summed E-state index contributed by atoms with van der Waals surface area (Å²) in [5, 5.41) is 2.78. The van der Waals surface area contributed by atoms with Crippen LogP contribution in [0.4, 0.5) is 0 Å². The molecule has 0 rings (SSSR count). The summed E-state index contributed by atoms with van der Waals surface area (Å²) in [6.45, 7) is 7.20. The molecule has 1 amide bonds. The molecule has 2 nitrogen and oxygen atoms in total. The van der Waals surface area contributed by atoms with Crippen LogP contribution in [0.5, 0.6) is 0 Å². The molecule has 86 valence electrons. The molecule has 0 bridgehead atoms. The zero-order chi connectivity index (χ0) is 11.9. The van der Waals surface area contributed by atoms with Crippen molar-refractivity contribution in [3.63, 3.8) is 0 Å². The van der Waals surface area contributed by atoms with Gasteiger partial charge >= 0.3 is 0 Å². The average Bonchev–Trinajstić information content (AvgIpc) is 2.16. The van der Waals surface area contributed by atoms with Gasteiger partial charge in [-0.2, -0.15) is 0 Å². The highest BCUT2D eigenvalue weighted by Crippen LogP contribution is 2.15. The molecular weight excluding hydrogens is 184 g/mol. The summed E-state index contributed by atoms with van der Waals surface area (Å²) in [6, 6.07) is 0. The van der Waals surface area contributed by atoms with E-state index in [4.69, 9.17) is 0 Å². The molecule has 0 heterocycles. The van der Waals surface area contributed by atoms with Crippen LogP contribution in [0.1, 0.15) is 46.5 Å². The number of carbonyl (C=O) groups is 1. The monoisotopic (exact) mass is 209 g/mol. The van der Waals surface area contributed by atoms with Crippen molar-refractivity contribution in [2.45, 2.75) is 51.7 Å². The normalized spacial score (nSPS) is 13.5. The van der Waals surface area contributed by atoms with Gasteiger partial charge in [-0.3, -0.25) is 4.79 Å². The highest BCUT2D eigenvalue weighted by molar-refractivity contribution is 6.50. The van der Waals surface area contributed by atoms with Gasteiger partial charge in [-0.15, -0.1) is 0 Å². The fourth-order valence-electron chi connectivity index (χ4n) is 1.45. The van der Waals surface area contributed by atoms with Gasteiger partial charge in [0, 0.05) is 6.54 Å². The first-order chi connectivity index (χ1) is 6.91. The van der Waals surface area contributed by atoms with E-state index in [0.717, 1.165) is 13.0 Å². The number of nitrogens with one attached hydrogen (secondary N) is 1. The third kappa shape index (κ3) is 6.64. The van der Waals surface area contributed by atoms with E-state index in [-0.39, 0.29) is 11.1 Å². The second-order valence-corrected chi connectivity index (χ2v) is 5.38. The van der Waals surface area contributed by atoms with Crippen LogP contribution in [-0.2, 0) is 4.79 Å². The Labute approximate surface area is 96.4 Å². The molecule has 15 heavy (non-hydrogen) atoms. The third-order valence-electron chi connectivity index (χ3n) is 2.78. The highest BCUT2D eigenvalue weighted by atomic mass is 16.1. The van der Waals surface area contributed by atoms with Crippen LogP contribution in [0.3, 0.4) is 0 Å². The van der Waals surface area contributed by atoms with E-state index in [1.54, 1.807) is 0 Å². The van der Waals surface area contributed by atoms with E-state index >= 15 is 0 Å². The van der Waals surface area contributed by atoms with Crippen LogP contribution in [-0.4, -0.2) is 28.1 Å². The van der Waals surface area contributed by atoms with E-state index in [9.17, 15) is 4.79 Å². The molecule has 0 aromatic carbocycles. The molecule has 0 fully saturated rings. The molecule has 4 heteroatoms. The Morgan fingerprint density at radius 2 is 2.00 bits per heavy atom. The Balaban J connectivity index is 3.85. The molecule has 0 aliphatic carbocycles. The van der Waals surface area contributed by atoms with Crippen molar-refractivity contribution in [1.29, 1.82) is 0 Å². The van der Waals surface area contributed by atoms with E-state index in [0.29, 0.717) is 5.92 Å². The lowest BCUT2D eigenvalue weighted by Gasteiger charge is -2.21. The van der Waals surface area contributed by atoms with Gasteiger partial charge in [-0.1, -0.05) is 40.0 Å². The first kappa shape index (κ1) is 14.6. The smallest absolute Gasteiger partial charge is 0.210 e. The molecule has 0 saturated heterocycles. The largest absolute Gasteiger partial charge is 0.357 e. The summed E-state index contributed by atoms with van der Waals surface area (Å²) < 4.78 is 0. The predicted molar refractivity (Wildman–Crippen MR) is 71.8 cm³/mol. The summed E-state index contributed by atoms with van der Waals surface area (Å²) in [4.78, 5) is 11.6. The van der Waals surface area contributed by atoms with Crippen LogP contribution in [0.2, 0.25) is 5.21 Å². The van der Waals surface area contributed by atoms with Gasteiger partial charge < -0.3 is 5.32 Å². The van der Waals surface area contributed by atoms with Crippen molar-refractivity contribution < 1.29 is 4.79 Å². The summed E-state index contributed by atoms with van der Waals surface area (Å²) in [5.74, 6) is 0.814. The minimum atomic E-state index is -0.261. The van der Waals surface area contributed by atoms with Crippen LogP contribution in [0.15, 0.2) is 0 Å². The molecule has 1 unspecified atom stereocenters. The van der Waals surface area contributed by atoms with Gasteiger partial charge in [0.05, 0.1) is 0 Å². The molecule has 0 aliphatic rings. The van der Waals surface area contributed by atoms with E-state index in [1.165, 1.54) is 19.3 Å². The molecular formula is C11H25B2NO. The van der Waals surface area contributed by atoms with Crippen molar-refractivity contribution >= 4 is 21.6 Å². The van der Waals surface area contributed by atoms with E-state index in [2.05, 4.69) is 19.2 Å². The summed E-state index contributed by atoms with van der Waals surface area (Å²) in [6.07, 6.45) is 4.90. The lowest BCUT2D eigenvalue weighted by atomic mass is 9.55. The lowest BCUT2D eigenvalue weighted by Crippen LogP contribution is -2.37. The Hall–Kier alpha value is -0.400. The topological polar surface area (TPSA) is 29.1 Å². The maximum absolute atomic E-state index is 11.6. The van der Waals surface area contributed by atoms with Crippen LogP contribution < -0.4 is 5.32 Å². The highest BCUT2D eigenvalue weighted by Gasteiger charge is 2.21. The minimum absolute atomic E-state index is 0.164. The van der Waals surface area contributed by atoms with Crippen molar-refractivity contribution in [1.82, 2.24) is 5.32 Å². The van der Waals surface area contributed by atoms with Crippen molar-refractivity contribution in [2.24, 2.45) is 5.92 Å². The molecule has 1 atom stereocenters. The number of hydrogen-bond acceptors (Lipinski definition) is 1. The maximum Gasteiger partial charge on any atom is 0.210 e. The quantitative estimate of drug-likeness (QED) is 0.615. The Morgan fingerprint density at radius 3 is 2.40 bits per heavy atom. The summed E-state index contributed by atoms with van der Waals surface area (Å²) >= 11 is 0. The van der Waals surface area contributed by atoms with Gasteiger partial charge in [0.2, 0.25) is 5.91 Å². The first-order valence-electron chi connectivity index (χ1n) is 6.20. The third-order valence-corrected chi connectivity index (χ3v) is 2.78. The molecule has 0 radical (unpaired) electrons. The number of amides is 1. The molecule has 0 spiro atoms. The van der Waals surface area contributed by atoms with Crippen molar-refractivity contribution in [2.75, 3.05) is 6.54 Å². The van der Waals surface area contributed by atoms with Gasteiger partial charge in [-0.05, 0) is 17.6 Å². The average molecular weight is 209 g/mol. The van der Waals surface area contributed by atoms with E-state index < -0.39 is 0 Å². The molecule has 1 N–H and O–H groups in total. The SMILES string of the molecule is BC(B)(C)C(=O)NCC(CC)CCCC. The Morgan fingerprint density at radius 1 is 1.40 bits per heavy atom. The second-order valence-electron chi connectivity index (χ2n) is 5.38. The summed E-state index contributed by atoms with van der Waals surface area (Å²) in [5.41, 5.74) is 0. The van der Waals surface area contributed by atoms with E-state index in [1.807, 2.05) is 22.6 Å². The van der Waals surface area contributed by atoms with Crippen molar-refractivity contribution in [3.8, 4) is 0 Å². The molecule has 0 aliphatic heterocycles. The minimum Gasteiger partial charge on any atom is -0.357 e. The number of rotatable bonds is 7. The fraction of sp³-hybridized carbons (Fsp3) is 0.909. The number of unbranched alkanes of at least 4 members (excludes halogenated alkanes) is 1. The predicted octanol–water partition coefficient (Wildman–Crippen LogP) is 0.721. The Kier molecular flexibility index (Phi) is 6.78. The lowest BCUT2D eigenvalue weighted by molar-refractivity contribution is -0.121. The van der Waals surface area contributed by atoms with Crippen LogP contribution in [0, 0.1) is 5.92 Å². The first-order valence-corrected chi connectivity index (χ1v) is 6.20. The van der Waals surface area contributed by atoms with Crippen LogP contribution in [0.25, 0.3) is 0 Å². The van der Waals surface area contributed by atoms with Gasteiger partial charge in [-0.25, -0.2) is 0 Å². The molecule has 0 aromatic heterocycles. The van der Waals surface area contributed by atoms with Gasteiger partial charge in [0.25, 0.3) is 0 Å². The fourth-order valence-corrected chi connectivity index (χ4v) is 1.45. The molecule has 0 aromatic rings. The van der Waals surface area contributed by atoms with Crippen LogP contribution >= 0.6 is 0 Å². The van der Waals surface area contributed by atoms with Crippen molar-refractivity contribution in [3.05, 3.63) is 0 Å². The Bertz CT molecular complexity index is 190. The summed E-state index contributed by atoms with van der Waals surface area (Å²) in [7, 11) is 3.91. The van der Waals surface area contributed by atoms with Gasteiger partial charge in [0.15, 0.2) is 0 Å². The number of hydrogen-bond donors (Lipinski definition) is 1. The van der Waals surface area contributed by atoms with Gasteiger partial charge in [0.1, 0.15) is 15.7 Å². The standard InChI is InChI=1S/C11H25B2NO/c1-4-6-7-9(5-2)8-14-10(15)11(3,12)13/h9H,4-8,12-13H2,1-3H3,(H,14,15). The number of carbonyl (C=O) groups excluding carboxylic acids is 1. The zero-order valence-electron chi connectivity index (χ0n) is 11.0.